The van der Waals surface area contributed by atoms with Crippen LogP contribution in [0.4, 0.5) is 0 Å². The van der Waals surface area contributed by atoms with Crippen molar-refractivity contribution < 1.29 is 19.0 Å². The van der Waals surface area contributed by atoms with Crippen LogP contribution in [0.3, 0.4) is 0 Å². The smallest absolute Gasteiger partial charge is 0.278 e. The van der Waals surface area contributed by atoms with E-state index in [2.05, 4.69) is 9.97 Å². The first-order valence-corrected chi connectivity index (χ1v) is 7.66. The van der Waals surface area contributed by atoms with Gasteiger partial charge in [0.1, 0.15) is 11.9 Å². The number of carbonyl (C=O) groups excluding carboxylic acids is 1. The average molecular weight is 329 g/mol. The molecule has 7 heteroatoms. The lowest BCUT2D eigenvalue weighted by molar-refractivity contribution is 0.0770. The second-order valence-electron chi connectivity index (χ2n) is 5.38. The van der Waals surface area contributed by atoms with E-state index in [0.717, 1.165) is 12.2 Å². The lowest BCUT2D eigenvalue weighted by Gasteiger charge is -2.17. The summed E-state index contributed by atoms with van der Waals surface area (Å²) in [4.78, 5) is 22.5. The summed E-state index contributed by atoms with van der Waals surface area (Å²) in [6.07, 6.45) is 3.70. The fourth-order valence-corrected chi connectivity index (χ4v) is 2.62. The van der Waals surface area contributed by atoms with E-state index in [1.807, 2.05) is 0 Å². The van der Waals surface area contributed by atoms with Gasteiger partial charge in [-0.3, -0.25) is 4.79 Å². The van der Waals surface area contributed by atoms with Crippen LogP contribution in [0.25, 0.3) is 0 Å². The third-order valence-corrected chi connectivity index (χ3v) is 3.87. The van der Waals surface area contributed by atoms with E-state index in [1.165, 1.54) is 7.11 Å². The van der Waals surface area contributed by atoms with Crippen molar-refractivity contribution in [1.82, 2.24) is 14.9 Å². The highest BCUT2D eigenvalue weighted by Gasteiger charge is 2.29. The summed E-state index contributed by atoms with van der Waals surface area (Å²) in [5.41, 5.74) is 0.633. The van der Waals surface area contributed by atoms with Crippen LogP contribution in [0.5, 0.6) is 17.5 Å². The Morgan fingerprint density at radius 3 is 2.46 bits per heavy atom. The molecule has 1 unspecified atom stereocenters. The number of benzene rings is 1. The number of hydrogen-bond acceptors (Lipinski definition) is 6. The third kappa shape index (κ3) is 3.40. The Hall–Kier alpha value is -2.83. The molecule has 1 amide bonds. The minimum Gasteiger partial charge on any atom is -0.497 e. The first-order chi connectivity index (χ1) is 11.7. The van der Waals surface area contributed by atoms with Crippen molar-refractivity contribution in [2.75, 3.05) is 27.3 Å². The number of amides is 1. The van der Waals surface area contributed by atoms with Crippen molar-refractivity contribution in [1.29, 1.82) is 0 Å². The van der Waals surface area contributed by atoms with Gasteiger partial charge in [-0.05, 0) is 24.3 Å². The standard InChI is InChI=1S/C17H19N3O4/c1-22-13-5-3-12(4-6-13)17(21)20-10-7-14(11-20)24-16-15(23-2)18-8-9-19-16/h3-6,8-9,14H,7,10-11H2,1-2H3. The Labute approximate surface area is 140 Å². The molecule has 1 atom stereocenters. The van der Waals surface area contributed by atoms with Gasteiger partial charge in [0.25, 0.3) is 17.7 Å². The molecule has 0 N–H and O–H groups in total. The molecule has 1 aliphatic heterocycles. The van der Waals surface area contributed by atoms with Gasteiger partial charge < -0.3 is 19.1 Å². The van der Waals surface area contributed by atoms with Gasteiger partial charge in [-0.1, -0.05) is 0 Å². The van der Waals surface area contributed by atoms with Crippen LogP contribution in [-0.4, -0.2) is 54.2 Å². The fourth-order valence-electron chi connectivity index (χ4n) is 2.62. The Balaban J connectivity index is 1.63. The number of rotatable bonds is 5. The molecule has 2 aromatic rings. The molecule has 0 radical (unpaired) electrons. The summed E-state index contributed by atoms with van der Waals surface area (Å²) in [6.45, 7) is 1.14. The van der Waals surface area contributed by atoms with Gasteiger partial charge >= 0.3 is 0 Å². The average Bonchev–Trinajstić information content (AvgIpc) is 3.10. The molecule has 126 valence electrons. The predicted molar refractivity (Wildman–Crippen MR) is 86.5 cm³/mol. The Morgan fingerprint density at radius 2 is 1.79 bits per heavy atom. The monoisotopic (exact) mass is 329 g/mol. The number of hydrogen-bond donors (Lipinski definition) is 0. The zero-order valence-corrected chi connectivity index (χ0v) is 13.6. The molecule has 0 saturated carbocycles. The maximum Gasteiger partial charge on any atom is 0.278 e. The molecule has 1 saturated heterocycles. The van der Waals surface area contributed by atoms with E-state index >= 15 is 0 Å². The van der Waals surface area contributed by atoms with E-state index in [0.29, 0.717) is 30.4 Å². The Bertz CT molecular complexity index is 705. The molecule has 1 aromatic heterocycles. The molecule has 1 aromatic carbocycles. The maximum absolute atomic E-state index is 12.5. The lowest BCUT2D eigenvalue weighted by atomic mass is 10.2. The molecule has 3 rings (SSSR count). The highest BCUT2D eigenvalue weighted by molar-refractivity contribution is 5.94. The van der Waals surface area contributed by atoms with Crippen molar-refractivity contribution in [3.05, 3.63) is 42.2 Å². The second-order valence-corrected chi connectivity index (χ2v) is 5.38. The van der Waals surface area contributed by atoms with Crippen molar-refractivity contribution in [2.24, 2.45) is 0 Å². The summed E-state index contributed by atoms with van der Waals surface area (Å²) in [5.74, 6) is 1.40. The molecule has 0 spiro atoms. The predicted octanol–water partition coefficient (Wildman–Crippen LogP) is 1.79. The van der Waals surface area contributed by atoms with Crippen LogP contribution in [-0.2, 0) is 0 Å². The summed E-state index contributed by atoms with van der Waals surface area (Å²) in [5, 5.41) is 0. The Morgan fingerprint density at radius 1 is 1.08 bits per heavy atom. The fraction of sp³-hybridized carbons (Fsp3) is 0.353. The van der Waals surface area contributed by atoms with Gasteiger partial charge in [-0.2, -0.15) is 0 Å². The summed E-state index contributed by atoms with van der Waals surface area (Å²) < 4.78 is 16.1. The van der Waals surface area contributed by atoms with Crippen LogP contribution in [0.15, 0.2) is 36.7 Å². The van der Waals surface area contributed by atoms with E-state index < -0.39 is 0 Å². The number of likely N-dealkylation sites (tertiary alicyclic amines) is 1. The largest absolute Gasteiger partial charge is 0.497 e. The molecule has 7 nitrogen and oxygen atoms in total. The first kappa shape index (κ1) is 16.0. The topological polar surface area (TPSA) is 73.8 Å². The normalized spacial score (nSPS) is 16.8. The van der Waals surface area contributed by atoms with Crippen molar-refractivity contribution in [3.63, 3.8) is 0 Å². The lowest BCUT2D eigenvalue weighted by Crippen LogP contribution is -2.31. The zero-order valence-electron chi connectivity index (χ0n) is 13.6. The van der Waals surface area contributed by atoms with Gasteiger partial charge in [-0.25, -0.2) is 9.97 Å². The first-order valence-electron chi connectivity index (χ1n) is 7.66. The third-order valence-electron chi connectivity index (χ3n) is 3.87. The molecule has 2 heterocycles. The van der Waals surface area contributed by atoms with Crippen molar-refractivity contribution in [2.45, 2.75) is 12.5 Å². The van der Waals surface area contributed by atoms with Gasteiger partial charge in [0.2, 0.25) is 0 Å². The highest BCUT2D eigenvalue weighted by atomic mass is 16.5. The highest BCUT2D eigenvalue weighted by Crippen LogP contribution is 2.24. The number of nitrogens with zero attached hydrogens (tertiary/aromatic N) is 3. The summed E-state index contributed by atoms with van der Waals surface area (Å²) in [7, 11) is 3.12. The van der Waals surface area contributed by atoms with Crippen molar-refractivity contribution >= 4 is 5.91 Å². The maximum atomic E-state index is 12.5. The van der Waals surface area contributed by atoms with Gasteiger partial charge in [0.05, 0.1) is 20.8 Å². The molecule has 0 bridgehead atoms. The SMILES string of the molecule is COc1ccc(C(=O)N2CCC(Oc3nccnc3OC)C2)cc1. The van der Waals surface area contributed by atoms with E-state index in [1.54, 1.807) is 48.7 Å². The molecule has 1 aliphatic rings. The summed E-state index contributed by atoms with van der Waals surface area (Å²) >= 11 is 0. The minimum absolute atomic E-state index is 0.0186. The molecule has 1 fully saturated rings. The van der Waals surface area contributed by atoms with Crippen LogP contribution in [0, 0.1) is 0 Å². The molecular formula is C17H19N3O4. The van der Waals surface area contributed by atoms with Gasteiger partial charge in [0.15, 0.2) is 0 Å². The minimum atomic E-state index is -0.127. The zero-order chi connectivity index (χ0) is 16.9. The summed E-state index contributed by atoms with van der Waals surface area (Å²) in [6, 6.07) is 7.09. The van der Waals surface area contributed by atoms with Gasteiger partial charge in [-0.15, -0.1) is 0 Å². The van der Waals surface area contributed by atoms with E-state index in [4.69, 9.17) is 14.2 Å². The number of aromatic nitrogens is 2. The van der Waals surface area contributed by atoms with Gasteiger partial charge in [0, 0.05) is 30.9 Å². The number of ether oxygens (including phenoxy) is 3. The van der Waals surface area contributed by atoms with Crippen LogP contribution >= 0.6 is 0 Å². The number of methoxy groups -OCH3 is 2. The quantitative estimate of drug-likeness (QED) is 0.832. The Kier molecular flexibility index (Phi) is 4.79. The van der Waals surface area contributed by atoms with Crippen molar-refractivity contribution in [3.8, 4) is 17.5 Å². The van der Waals surface area contributed by atoms with Crippen LogP contribution in [0.1, 0.15) is 16.8 Å². The van der Waals surface area contributed by atoms with E-state index in [-0.39, 0.29) is 12.0 Å². The molecule has 24 heavy (non-hydrogen) atoms. The van der Waals surface area contributed by atoms with Crippen LogP contribution in [0.2, 0.25) is 0 Å². The van der Waals surface area contributed by atoms with E-state index in [9.17, 15) is 4.79 Å². The van der Waals surface area contributed by atoms with Crippen LogP contribution < -0.4 is 14.2 Å². The molecular weight excluding hydrogens is 310 g/mol. The number of carbonyl (C=O) groups is 1. The molecule has 0 aliphatic carbocycles. The second kappa shape index (κ2) is 7.16.